The maximum atomic E-state index is 12.0. The number of hydrogen-bond donors (Lipinski definition) is 0. The number of hydrogen-bond acceptors (Lipinski definition) is 6. The molecule has 6 heteroatoms. The molecule has 0 aliphatic carbocycles. The van der Waals surface area contributed by atoms with Crippen LogP contribution in [0, 0.1) is 5.92 Å². The minimum Gasteiger partial charge on any atom is -0.487 e. The van der Waals surface area contributed by atoms with Crippen molar-refractivity contribution >= 4 is 12.0 Å². The first kappa shape index (κ1) is 22.0. The molecule has 0 radical (unpaired) electrons. The Morgan fingerprint density at radius 2 is 2.10 bits per heavy atom. The van der Waals surface area contributed by atoms with Crippen molar-refractivity contribution in [2.24, 2.45) is 5.92 Å². The molecule has 1 aliphatic heterocycles. The molecule has 30 heavy (non-hydrogen) atoms. The third kappa shape index (κ3) is 7.61. The summed E-state index contributed by atoms with van der Waals surface area (Å²) in [5.74, 6) is 0.997. The number of benzene rings is 1. The van der Waals surface area contributed by atoms with Gasteiger partial charge in [0.05, 0.1) is 12.3 Å². The number of carbonyl (C=O) groups excluding carboxylic acids is 1. The minimum atomic E-state index is -0.366. The lowest BCUT2D eigenvalue weighted by atomic mass is 10.2. The zero-order valence-electron chi connectivity index (χ0n) is 17.7. The van der Waals surface area contributed by atoms with E-state index < -0.39 is 0 Å². The van der Waals surface area contributed by atoms with Gasteiger partial charge < -0.3 is 14.2 Å². The van der Waals surface area contributed by atoms with Crippen LogP contribution in [-0.4, -0.2) is 54.8 Å². The van der Waals surface area contributed by atoms with E-state index in [0.29, 0.717) is 19.1 Å². The van der Waals surface area contributed by atoms with Crippen LogP contribution in [0.15, 0.2) is 54.7 Å². The average molecular weight is 411 g/mol. The SMILES string of the molecule is CC(C)CN1CCO[C@@H](COC(=O)/C=C\c2ccc(OCc3ccccn3)cc2)C1. The predicted octanol–water partition coefficient (Wildman–Crippen LogP) is 3.57. The van der Waals surface area contributed by atoms with Crippen molar-refractivity contribution in [3.63, 3.8) is 0 Å². The lowest BCUT2D eigenvalue weighted by Crippen LogP contribution is -2.45. The Hall–Kier alpha value is -2.70. The van der Waals surface area contributed by atoms with E-state index in [2.05, 4.69) is 23.7 Å². The summed E-state index contributed by atoms with van der Waals surface area (Å²) in [4.78, 5) is 18.6. The minimum absolute atomic E-state index is 0.0645. The third-order valence-electron chi connectivity index (χ3n) is 4.66. The van der Waals surface area contributed by atoms with Crippen molar-refractivity contribution in [3.05, 3.63) is 66.0 Å². The summed E-state index contributed by atoms with van der Waals surface area (Å²) in [6.07, 6.45) is 4.86. The number of esters is 1. The summed E-state index contributed by atoms with van der Waals surface area (Å²) in [6, 6.07) is 13.3. The normalized spacial score (nSPS) is 17.4. The zero-order valence-corrected chi connectivity index (χ0v) is 17.7. The molecule has 1 aromatic carbocycles. The van der Waals surface area contributed by atoms with Gasteiger partial charge in [0.2, 0.25) is 0 Å². The van der Waals surface area contributed by atoms with Crippen molar-refractivity contribution in [2.45, 2.75) is 26.6 Å². The molecule has 1 aromatic heterocycles. The highest BCUT2D eigenvalue weighted by atomic mass is 16.6. The lowest BCUT2D eigenvalue weighted by molar-refractivity contribution is -0.144. The third-order valence-corrected chi connectivity index (χ3v) is 4.66. The van der Waals surface area contributed by atoms with E-state index >= 15 is 0 Å². The molecular formula is C24H30N2O4. The Morgan fingerprint density at radius 1 is 1.27 bits per heavy atom. The monoisotopic (exact) mass is 410 g/mol. The van der Waals surface area contributed by atoms with Crippen molar-refractivity contribution in [1.29, 1.82) is 0 Å². The maximum absolute atomic E-state index is 12.0. The van der Waals surface area contributed by atoms with E-state index in [4.69, 9.17) is 14.2 Å². The van der Waals surface area contributed by atoms with E-state index in [9.17, 15) is 4.79 Å². The van der Waals surface area contributed by atoms with Crippen LogP contribution in [0.1, 0.15) is 25.1 Å². The fourth-order valence-electron chi connectivity index (χ4n) is 3.27. The van der Waals surface area contributed by atoms with Crippen LogP contribution in [0.5, 0.6) is 5.75 Å². The summed E-state index contributed by atoms with van der Waals surface area (Å²) in [5.41, 5.74) is 1.77. The number of nitrogens with zero attached hydrogens (tertiary/aromatic N) is 2. The quantitative estimate of drug-likeness (QED) is 0.465. The number of ether oxygens (including phenoxy) is 3. The molecule has 0 spiro atoms. The van der Waals surface area contributed by atoms with Gasteiger partial charge in [0.25, 0.3) is 0 Å². The van der Waals surface area contributed by atoms with Crippen LogP contribution in [0.4, 0.5) is 0 Å². The molecule has 2 aromatic rings. The van der Waals surface area contributed by atoms with Crippen LogP contribution in [0.25, 0.3) is 6.08 Å². The Morgan fingerprint density at radius 3 is 2.83 bits per heavy atom. The van der Waals surface area contributed by atoms with Gasteiger partial charge in [-0.2, -0.15) is 0 Å². The molecule has 1 saturated heterocycles. The molecule has 6 nitrogen and oxygen atoms in total. The van der Waals surface area contributed by atoms with Crippen LogP contribution >= 0.6 is 0 Å². The molecule has 0 unspecified atom stereocenters. The fourth-order valence-corrected chi connectivity index (χ4v) is 3.27. The van der Waals surface area contributed by atoms with Gasteiger partial charge in [-0.05, 0) is 41.8 Å². The van der Waals surface area contributed by atoms with E-state index in [1.165, 1.54) is 6.08 Å². The highest BCUT2D eigenvalue weighted by Gasteiger charge is 2.21. The van der Waals surface area contributed by atoms with E-state index in [1.807, 2.05) is 42.5 Å². The Labute approximate surface area is 178 Å². The molecular weight excluding hydrogens is 380 g/mol. The molecule has 0 saturated carbocycles. The second-order valence-electron chi connectivity index (χ2n) is 7.79. The smallest absolute Gasteiger partial charge is 0.330 e. The topological polar surface area (TPSA) is 60.9 Å². The molecule has 1 atom stereocenters. The van der Waals surface area contributed by atoms with Crippen LogP contribution < -0.4 is 4.74 Å². The Kier molecular flexibility index (Phi) is 8.41. The van der Waals surface area contributed by atoms with Crippen molar-refractivity contribution in [2.75, 3.05) is 32.8 Å². The molecule has 3 rings (SSSR count). The molecule has 1 aliphatic rings. The summed E-state index contributed by atoms with van der Waals surface area (Å²) in [6.45, 7) is 8.55. The van der Waals surface area contributed by atoms with Crippen molar-refractivity contribution in [1.82, 2.24) is 9.88 Å². The van der Waals surface area contributed by atoms with Gasteiger partial charge >= 0.3 is 5.97 Å². The van der Waals surface area contributed by atoms with Gasteiger partial charge in [-0.1, -0.05) is 32.0 Å². The highest BCUT2D eigenvalue weighted by molar-refractivity contribution is 5.87. The highest BCUT2D eigenvalue weighted by Crippen LogP contribution is 2.15. The average Bonchev–Trinajstić information content (AvgIpc) is 2.76. The van der Waals surface area contributed by atoms with Crippen LogP contribution in [-0.2, 0) is 20.9 Å². The van der Waals surface area contributed by atoms with Gasteiger partial charge in [-0.3, -0.25) is 9.88 Å². The zero-order chi connectivity index (χ0) is 21.2. The first-order chi connectivity index (χ1) is 14.6. The molecule has 0 amide bonds. The number of carbonyl (C=O) groups is 1. The molecule has 0 bridgehead atoms. The first-order valence-electron chi connectivity index (χ1n) is 10.4. The number of rotatable bonds is 9. The van der Waals surface area contributed by atoms with Gasteiger partial charge in [-0.15, -0.1) is 0 Å². The standard InChI is InChI=1S/C24H30N2O4/c1-19(2)15-26-13-14-28-23(16-26)18-30-24(27)11-8-20-6-9-22(10-7-20)29-17-21-5-3-4-12-25-21/h3-12,19,23H,13-18H2,1-2H3/b11-8-/t23-/m1/s1. The predicted molar refractivity (Wildman–Crippen MR) is 116 cm³/mol. The first-order valence-corrected chi connectivity index (χ1v) is 10.4. The Bertz CT molecular complexity index is 806. The number of morpholine rings is 1. The van der Waals surface area contributed by atoms with Crippen molar-refractivity contribution in [3.8, 4) is 5.75 Å². The molecule has 0 N–H and O–H groups in total. The van der Waals surface area contributed by atoms with E-state index in [0.717, 1.165) is 36.6 Å². The number of aromatic nitrogens is 1. The summed E-state index contributed by atoms with van der Waals surface area (Å²) < 4.78 is 16.8. The fraction of sp³-hybridized carbons (Fsp3) is 0.417. The molecule has 160 valence electrons. The van der Waals surface area contributed by atoms with Crippen LogP contribution in [0.3, 0.4) is 0 Å². The largest absolute Gasteiger partial charge is 0.487 e. The van der Waals surface area contributed by atoms with Gasteiger partial charge in [0.15, 0.2) is 0 Å². The summed E-state index contributed by atoms with van der Waals surface area (Å²) >= 11 is 0. The lowest BCUT2D eigenvalue weighted by Gasteiger charge is -2.33. The van der Waals surface area contributed by atoms with Gasteiger partial charge in [0.1, 0.15) is 25.1 Å². The summed E-state index contributed by atoms with van der Waals surface area (Å²) in [5, 5.41) is 0. The van der Waals surface area contributed by atoms with Crippen molar-refractivity contribution < 1.29 is 19.0 Å². The maximum Gasteiger partial charge on any atom is 0.330 e. The summed E-state index contributed by atoms with van der Waals surface area (Å²) in [7, 11) is 0. The van der Waals surface area contributed by atoms with Crippen LogP contribution in [0.2, 0.25) is 0 Å². The Balaban J connectivity index is 1.40. The molecule has 2 heterocycles. The second kappa shape index (κ2) is 11.5. The van der Waals surface area contributed by atoms with Gasteiger partial charge in [-0.25, -0.2) is 4.79 Å². The number of pyridine rings is 1. The molecule has 1 fully saturated rings. The van der Waals surface area contributed by atoms with Gasteiger partial charge in [0, 0.05) is 31.9 Å². The van der Waals surface area contributed by atoms with E-state index in [1.54, 1.807) is 12.3 Å². The second-order valence-corrected chi connectivity index (χ2v) is 7.79. The van der Waals surface area contributed by atoms with E-state index in [-0.39, 0.29) is 18.7 Å².